The second-order valence-electron chi connectivity index (χ2n) is 3.85. The van der Waals surface area contributed by atoms with Gasteiger partial charge in [0, 0.05) is 35.8 Å². The minimum absolute atomic E-state index is 0.164. The minimum atomic E-state index is -0.863. The first kappa shape index (κ1) is 10.7. The summed E-state index contributed by atoms with van der Waals surface area (Å²) in [5.74, 6) is 0. The molecule has 1 atom stereocenters. The van der Waals surface area contributed by atoms with Gasteiger partial charge >= 0.3 is 0 Å². The van der Waals surface area contributed by atoms with Crippen molar-refractivity contribution in [1.29, 1.82) is 0 Å². The highest BCUT2D eigenvalue weighted by Crippen LogP contribution is 2.31. The van der Waals surface area contributed by atoms with Gasteiger partial charge in [-0.2, -0.15) is 0 Å². The van der Waals surface area contributed by atoms with E-state index in [4.69, 9.17) is 4.84 Å². The molecule has 90 valence electrons. The number of nitrogens with zero attached hydrogens (tertiary/aromatic N) is 2. The Hall–Kier alpha value is -2.47. The average Bonchev–Trinajstić information content (AvgIpc) is 2.91. The van der Waals surface area contributed by atoms with E-state index in [1.807, 2.05) is 12.1 Å². The van der Waals surface area contributed by atoms with Gasteiger partial charge in [-0.1, -0.05) is 6.07 Å². The van der Waals surface area contributed by atoms with Crippen molar-refractivity contribution >= 4 is 6.40 Å². The van der Waals surface area contributed by atoms with Gasteiger partial charge in [-0.15, -0.1) is 5.48 Å². The maximum Gasteiger partial charge on any atom is 0.247 e. The Bertz CT molecular complexity index is 618. The third kappa shape index (κ3) is 1.59. The third-order valence-electron chi connectivity index (χ3n) is 2.79. The number of rotatable bonds is 2. The first-order chi connectivity index (χ1) is 8.81. The molecule has 2 N–H and O–H groups in total. The number of aromatic amines is 1. The van der Waals surface area contributed by atoms with Crippen LogP contribution in [0.15, 0.2) is 52.6 Å². The van der Waals surface area contributed by atoms with Crippen LogP contribution in [0.5, 0.6) is 0 Å². The van der Waals surface area contributed by atoms with E-state index in [-0.39, 0.29) is 5.56 Å². The van der Waals surface area contributed by atoms with E-state index >= 15 is 0 Å². The zero-order valence-corrected chi connectivity index (χ0v) is 9.33. The van der Waals surface area contributed by atoms with Gasteiger partial charge in [0.25, 0.3) is 0 Å². The Kier molecular flexibility index (Phi) is 2.42. The second kappa shape index (κ2) is 4.08. The topological polar surface area (TPSA) is 79.4 Å². The van der Waals surface area contributed by atoms with Crippen molar-refractivity contribution in [3.8, 4) is 0 Å². The predicted molar refractivity (Wildman–Crippen MR) is 64.8 cm³/mol. The molecule has 0 amide bonds. The molecule has 3 heterocycles. The molecule has 0 spiro atoms. The molecule has 6 nitrogen and oxygen atoms in total. The Morgan fingerprint density at radius 3 is 2.78 bits per heavy atom. The smallest absolute Gasteiger partial charge is 0.247 e. The number of aliphatic imine (C=N–C) groups is 1. The fraction of sp³-hybridized carbons (Fsp3) is 0.0833. The second-order valence-corrected chi connectivity index (χ2v) is 3.85. The molecule has 1 unspecified atom stereocenters. The molecule has 1 aliphatic heterocycles. The highest BCUT2D eigenvalue weighted by atomic mass is 16.7. The molecule has 1 aliphatic rings. The molecule has 0 radical (unpaired) electrons. The van der Waals surface area contributed by atoms with E-state index in [0.29, 0.717) is 0 Å². The Balaban J connectivity index is 2.16. The third-order valence-corrected chi connectivity index (χ3v) is 2.79. The lowest BCUT2D eigenvalue weighted by atomic mass is 9.95. The van der Waals surface area contributed by atoms with Crippen LogP contribution in [0.2, 0.25) is 0 Å². The van der Waals surface area contributed by atoms with Gasteiger partial charge in [-0.25, -0.2) is 4.99 Å². The van der Waals surface area contributed by atoms with E-state index in [1.165, 1.54) is 12.5 Å². The van der Waals surface area contributed by atoms with E-state index in [9.17, 15) is 4.79 Å². The molecule has 6 heteroatoms. The van der Waals surface area contributed by atoms with Crippen LogP contribution >= 0.6 is 0 Å². The molecule has 18 heavy (non-hydrogen) atoms. The molecule has 2 aromatic heterocycles. The molecule has 2 aromatic rings. The number of pyridine rings is 2. The standard InChI is InChI=1S/C12H10N4O2/c17-11-4-3-10(7-14-11)12(15-8-18-16-12)9-2-1-5-13-6-9/h1-8,16H,(H,14,17). The number of H-pyrrole nitrogens is 1. The highest BCUT2D eigenvalue weighted by molar-refractivity contribution is 5.53. The Morgan fingerprint density at radius 1 is 1.22 bits per heavy atom. The van der Waals surface area contributed by atoms with Crippen molar-refractivity contribution in [2.75, 3.05) is 0 Å². The van der Waals surface area contributed by atoms with Crippen LogP contribution < -0.4 is 11.0 Å². The van der Waals surface area contributed by atoms with E-state index in [1.54, 1.807) is 24.7 Å². The molecule has 0 aliphatic carbocycles. The zero-order chi connectivity index (χ0) is 12.4. The van der Waals surface area contributed by atoms with E-state index < -0.39 is 5.66 Å². The van der Waals surface area contributed by atoms with Crippen LogP contribution in [-0.4, -0.2) is 16.4 Å². The predicted octanol–water partition coefficient (Wildman–Crippen LogP) is 0.534. The lowest BCUT2D eigenvalue weighted by molar-refractivity contribution is 0.146. The van der Waals surface area contributed by atoms with Gasteiger partial charge in [0.15, 0.2) is 12.1 Å². The highest BCUT2D eigenvalue weighted by Gasteiger charge is 2.37. The van der Waals surface area contributed by atoms with Crippen LogP contribution in [0.3, 0.4) is 0 Å². The molecule has 0 saturated heterocycles. The number of hydrogen-bond acceptors (Lipinski definition) is 5. The van der Waals surface area contributed by atoms with Crippen molar-refractivity contribution in [1.82, 2.24) is 15.4 Å². The van der Waals surface area contributed by atoms with Crippen LogP contribution in [0.4, 0.5) is 0 Å². The van der Waals surface area contributed by atoms with E-state index in [2.05, 4.69) is 20.4 Å². The monoisotopic (exact) mass is 242 g/mol. The summed E-state index contributed by atoms with van der Waals surface area (Å²) in [6.07, 6.45) is 6.32. The molecular weight excluding hydrogens is 232 g/mol. The van der Waals surface area contributed by atoms with Crippen molar-refractivity contribution in [3.05, 3.63) is 64.3 Å². The van der Waals surface area contributed by atoms with Gasteiger partial charge < -0.3 is 9.82 Å². The normalized spacial score (nSPS) is 21.8. The molecular formula is C12H10N4O2. The van der Waals surface area contributed by atoms with Crippen molar-refractivity contribution in [2.45, 2.75) is 5.66 Å². The average molecular weight is 242 g/mol. The van der Waals surface area contributed by atoms with Gasteiger partial charge in [0.1, 0.15) is 0 Å². The number of nitrogens with one attached hydrogen (secondary N) is 2. The Labute approximate surface area is 102 Å². The molecule has 0 fully saturated rings. The van der Waals surface area contributed by atoms with Crippen LogP contribution in [0, 0.1) is 0 Å². The van der Waals surface area contributed by atoms with Gasteiger partial charge in [0.2, 0.25) is 5.56 Å². The van der Waals surface area contributed by atoms with Crippen molar-refractivity contribution < 1.29 is 4.84 Å². The summed E-state index contributed by atoms with van der Waals surface area (Å²) in [5.41, 5.74) is 3.40. The SMILES string of the molecule is O=c1ccc(C2(c3cccnc3)N=CON2)c[nH]1. The lowest BCUT2D eigenvalue weighted by Crippen LogP contribution is -2.37. The van der Waals surface area contributed by atoms with Crippen molar-refractivity contribution in [3.63, 3.8) is 0 Å². The Morgan fingerprint density at radius 2 is 2.17 bits per heavy atom. The number of hydrogen-bond donors (Lipinski definition) is 2. The fourth-order valence-electron chi connectivity index (χ4n) is 1.89. The summed E-state index contributed by atoms with van der Waals surface area (Å²) >= 11 is 0. The molecule has 0 saturated carbocycles. The molecule has 3 rings (SSSR count). The van der Waals surface area contributed by atoms with Crippen LogP contribution in [0.25, 0.3) is 0 Å². The molecule has 0 aromatic carbocycles. The quantitative estimate of drug-likeness (QED) is 0.805. The van der Waals surface area contributed by atoms with Crippen LogP contribution in [-0.2, 0) is 10.5 Å². The van der Waals surface area contributed by atoms with Gasteiger partial charge in [-0.3, -0.25) is 9.78 Å². The number of hydroxylamine groups is 1. The zero-order valence-electron chi connectivity index (χ0n) is 9.33. The van der Waals surface area contributed by atoms with Gasteiger partial charge in [0.05, 0.1) is 0 Å². The summed E-state index contributed by atoms with van der Waals surface area (Å²) in [5, 5.41) is 0. The lowest BCUT2D eigenvalue weighted by Gasteiger charge is -2.24. The largest absolute Gasteiger partial charge is 0.394 e. The van der Waals surface area contributed by atoms with Crippen molar-refractivity contribution in [2.24, 2.45) is 4.99 Å². The minimum Gasteiger partial charge on any atom is -0.394 e. The van der Waals surface area contributed by atoms with Crippen LogP contribution in [0.1, 0.15) is 11.1 Å². The van der Waals surface area contributed by atoms with E-state index in [0.717, 1.165) is 11.1 Å². The summed E-state index contributed by atoms with van der Waals surface area (Å²) < 4.78 is 0. The van der Waals surface area contributed by atoms with Gasteiger partial charge in [-0.05, 0) is 12.1 Å². The summed E-state index contributed by atoms with van der Waals surface area (Å²) in [7, 11) is 0. The summed E-state index contributed by atoms with van der Waals surface area (Å²) in [6.45, 7) is 0. The molecule has 0 bridgehead atoms. The maximum absolute atomic E-state index is 11.1. The number of aromatic nitrogens is 2. The first-order valence-corrected chi connectivity index (χ1v) is 5.37. The summed E-state index contributed by atoms with van der Waals surface area (Å²) in [6, 6.07) is 6.85. The maximum atomic E-state index is 11.1. The summed E-state index contributed by atoms with van der Waals surface area (Å²) in [4.78, 5) is 27.2. The first-order valence-electron chi connectivity index (χ1n) is 5.37. The fourth-order valence-corrected chi connectivity index (χ4v) is 1.89.